The topological polar surface area (TPSA) is 84.5 Å². The van der Waals surface area contributed by atoms with E-state index in [9.17, 15) is 10.5 Å². The van der Waals surface area contributed by atoms with Gasteiger partial charge in [-0.3, -0.25) is 0 Å². The van der Waals surface area contributed by atoms with Gasteiger partial charge in [-0.05, 0) is 13.8 Å². The summed E-state index contributed by atoms with van der Waals surface area (Å²) in [5.74, 6) is 0.107. The highest BCUT2D eigenvalue weighted by Gasteiger charge is 2.25. The first-order valence-electron chi connectivity index (χ1n) is 7.38. The number of halogens is 2. The molecule has 130 valence electrons. The van der Waals surface area contributed by atoms with Gasteiger partial charge in [-0.15, -0.1) is 0 Å². The smallest absolute Gasteiger partial charge is 0.158 e. The van der Waals surface area contributed by atoms with Gasteiger partial charge in [0.15, 0.2) is 11.5 Å². The quantitative estimate of drug-likeness (QED) is 0.583. The van der Waals surface area contributed by atoms with Crippen molar-refractivity contribution >= 4 is 23.2 Å². The summed E-state index contributed by atoms with van der Waals surface area (Å²) in [6, 6.07) is 3.85. The maximum absolute atomic E-state index is 9.39. The van der Waals surface area contributed by atoms with Crippen molar-refractivity contribution in [3.63, 3.8) is 0 Å². The highest BCUT2D eigenvalue weighted by atomic mass is 35.5. The van der Waals surface area contributed by atoms with E-state index in [1.54, 1.807) is 0 Å². The number of benzene rings is 1. The van der Waals surface area contributed by atoms with E-state index in [1.165, 1.54) is 0 Å². The molecule has 0 amide bonds. The zero-order valence-corrected chi connectivity index (χ0v) is 15.0. The monoisotopic (exact) mass is 372 g/mol. The summed E-state index contributed by atoms with van der Waals surface area (Å²) < 4.78 is 21.3. The Balaban J connectivity index is 3.13. The lowest BCUT2D eigenvalue weighted by atomic mass is 10.1. The van der Waals surface area contributed by atoms with Crippen LogP contribution in [0, 0.1) is 22.7 Å². The van der Waals surface area contributed by atoms with Crippen LogP contribution in [0.25, 0.3) is 0 Å². The van der Waals surface area contributed by atoms with Gasteiger partial charge in [0.1, 0.15) is 46.5 Å². The minimum atomic E-state index is -0.0187. The molecule has 0 aliphatic carbocycles. The maximum Gasteiger partial charge on any atom is 0.158 e. The van der Waals surface area contributed by atoms with E-state index in [0.29, 0.717) is 26.4 Å². The second-order valence-electron chi connectivity index (χ2n) is 4.35. The molecule has 1 rings (SSSR count). The Hall–Kier alpha value is -1.70. The molecule has 0 radical (unpaired) electrons. The molecule has 0 atom stereocenters. The fraction of sp³-hybridized carbons (Fsp3) is 0.500. The molecule has 0 spiro atoms. The molecule has 8 heteroatoms. The van der Waals surface area contributed by atoms with Gasteiger partial charge in [0.05, 0.1) is 13.2 Å². The zero-order chi connectivity index (χ0) is 17.9. The third-order valence-corrected chi connectivity index (χ3v) is 3.69. The molecule has 0 saturated heterocycles. The van der Waals surface area contributed by atoms with Gasteiger partial charge in [0.25, 0.3) is 0 Å². The first-order chi connectivity index (χ1) is 11.6. The molecule has 0 heterocycles. The van der Waals surface area contributed by atoms with Crippen molar-refractivity contribution in [1.29, 1.82) is 10.5 Å². The van der Waals surface area contributed by atoms with Crippen LogP contribution in [0.15, 0.2) is 0 Å². The van der Waals surface area contributed by atoms with E-state index >= 15 is 0 Å². The first-order valence-corrected chi connectivity index (χ1v) is 8.14. The molecule has 1 aromatic rings. The first kappa shape index (κ1) is 20.3. The highest BCUT2D eigenvalue weighted by molar-refractivity contribution is 6.44. The Morgan fingerprint density at radius 1 is 0.750 bits per heavy atom. The van der Waals surface area contributed by atoms with Crippen molar-refractivity contribution in [2.45, 2.75) is 13.8 Å². The van der Waals surface area contributed by atoms with Crippen molar-refractivity contribution in [3.8, 4) is 23.6 Å². The van der Waals surface area contributed by atoms with E-state index < -0.39 is 0 Å². The van der Waals surface area contributed by atoms with E-state index in [2.05, 4.69) is 0 Å². The summed E-state index contributed by atoms with van der Waals surface area (Å²) >= 11 is 12.4. The van der Waals surface area contributed by atoms with Gasteiger partial charge in [0, 0.05) is 13.2 Å². The van der Waals surface area contributed by atoms with Crippen molar-refractivity contribution in [2.24, 2.45) is 0 Å². The standard InChI is InChI=1S/C16H18Cl2N2O4/c1-3-21-5-7-23-15-11(9-19)12(10-20)16(14(18)13(15)17)24-8-6-22-4-2/h3-8H2,1-2H3. The van der Waals surface area contributed by atoms with Crippen LogP contribution in [-0.2, 0) is 9.47 Å². The van der Waals surface area contributed by atoms with Gasteiger partial charge in [0.2, 0.25) is 0 Å². The number of rotatable bonds is 10. The Kier molecular flexibility index (Phi) is 9.29. The van der Waals surface area contributed by atoms with Crippen molar-refractivity contribution in [1.82, 2.24) is 0 Å². The van der Waals surface area contributed by atoms with Crippen LogP contribution in [0.1, 0.15) is 25.0 Å². The third-order valence-electron chi connectivity index (χ3n) is 2.88. The molecular formula is C16H18Cl2N2O4. The fourth-order valence-electron chi connectivity index (χ4n) is 1.82. The summed E-state index contributed by atoms with van der Waals surface area (Å²) in [7, 11) is 0. The van der Waals surface area contributed by atoms with Gasteiger partial charge in [-0.1, -0.05) is 23.2 Å². The maximum atomic E-state index is 9.39. The number of nitriles is 2. The molecule has 6 nitrogen and oxygen atoms in total. The normalized spacial score (nSPS) is 10.1. The van der Waals surface area contributed by atoms with Crippen molar-refractivity contribution in [3.05, 3.63) is 21.2 Å². The summed E-state index contributed by atoms with van der Waals surface area (Å²) in [5.41, 5.74) is -0.0374. The summed E-state index contributed by atoms with van der Waals surface area (Å²) in [5, 5.41) is 18.8. The van der Waals surface area contributed by atoms with Crippen LogP contribution >= 0.6 is 23.2 Å². The second-order valence-corrected chi connectivity index (χ2v) is 5.11. The summed E-state index contributed by atoms with van der Waals surface area (Å²) in [4.78, 5) is 0. The summed E-state index contributed by atoms with van der Waals surface area (Å²) in [6.07, 6.45) is 0. The Morgan fingerprint density at radius 3 is 1.42 bits per heavy atom. The Morgan fingerprint density at radius 2 is 1.12 bits per heavy atom. The third kappa shape index (κ3) is 5.15. The lowest BCUT2D eigenvalue weighted by molar-refractivity contribution is 0.108. The highest BCUT2D eigenvalue weighted by Crippen LogP contribution is 2.44. The molecule has 1 aromatic carbocycles. The number of hydrogen-bond donors (Lipinski definition) is 0. The largest absolute Gasteiger partial charge is 0.488 e. The molecule has 0 bridgehead atoms. The van der Waals surface area contributed by atoms with Crippen LogP contribution in [0.5, 0.6) is 11.5 Å². The summed E-state index contributed by atoms with van der Waals surface area (Å²) in [6.45, 7) is 5.78. The van der Waals surface area contributed by atoms with Gasteiger partial charge < -0.3 is 18.9 Å². The Bertz CT molecular complexity index is 584. The van der Waals surface area contributed by atoms with E-state index in [4.69, 9.17) is 42.1 Å². The minimum absolute atomic E-state index is 0.0187. The molecule has 0 fully saturated rings. The van der Waals surface area contributed by atoms with Gasteiger partial charge >= 0.3 is 0 Å². The molecular weight excluding hydrogens is 355 g/mol. The molecule has 24 heavy (non-hydrogen) atoms. The van der Waals surface area contributed by atoms with Crippen LogP contribution in [-0.4, -0.2) is 39.6 Å². The molecule has 0 N–H and O–H groups in total. The number of nitrogens with zero attached hydrogens (tertiary/aromatic N) is 2. The van der Waals surface area contributed by atoms with E-state index in [0.717, 1.165) is 0 Å². The van der Waals surface area contributed by atoms with Gasteiger partial charge in [-0.25, -0.2) is 0 Å². The minimum Gasteiger partial charge on any atom is -0.488 e. The molecule has 0 unspecified atom stereocenters. The van der Waals surface area contributed by atoms with Crippen LogP contribution in [0.2, 0.25) is 10.0 Å². The lowest BCUT2D eigenvalue weighted by Gasteiger charge is -2.16. The Labute approximate surface area is 151 Å². The second kappa shape index (κ2) is 11.0. The van der Waals surface area contributed by atoms with Gasteiger partial charge in [-0.2, -0.15) is 10.5 Å². The fourth-order valence-corrected chi connectivity index (χ4v) is 2.29. The zero-order valence-electron chi connectivity index (χ0n) is 13.5. The van der Waals surface area contributed by atoms with Crippen molar-refractivity contribution in [2.75, 3.05) is 39.6 Å². The number of hydrogen-bond acceptors (Lipinski definition) is 6. The van der Waals surface area contributed by atoms with E-state index in [1.807, 2.05) is 26.0 Å². The predicted molar refractivity (Wildman–Crippen MR) is 89.9 cm³/mol. The molecule has 0 saturated carbocycles. The number of ether oxygens (including phenoxy) is 4. The molecule has 0 aliphatic heterocycles. The van der Waals surface area contributed by atoms with Crippen molar-refractivity contribution < 1.29 is 18.9 Å². The van der Waals surface area contributed by atoms with E-state index in [-0.39, 0.29) is 45.9 Å². The molecule has 0 aromatic heterocycles. The average molecular weight is 373 g/mol. The SMILES string of the molecule is CCOCCOc1c(Cl)c(Cl)c(OCCOCC)c(C#N)c1C#N. The van der Waals surface area contributed by atoms with Crippen LogP contribution in [0.3, 0.4) is 0 Å². The predicted octanol–water partition coefficient (Wildman–Crippen LogP) is 3.57. The van der Waals surface area contributed by atoms with Crippen LogP contribution in [0.4, 0.5) is 0 Å². The molecule has 0 aliphatic rings. The van der Waals surface area contributed by atoms with Crippen LogP contribution < -0.4 is 9.47 Å². The lowest BCUT2D eigenvalue weighted by Crippen LogP contribution is -2.11. The average Bonchev–Trinajstić information content (AvgIpc) is 2.59.